The zero-order valence-corrected chi connectivity index (χ0v) is 12.2. The normalized spacial score (nSPS) is 11.5. The summed E-state index contributed by atoms with van der Waals surface area (Å²) in [5.41, 5.74) is 3.58. The van der Waals surface area contributed by atoms with Crippen molar-refractivity contribution in [3.8, 4) is 0 Å². The summed E-state index contributed by atoms with van der Waals surface area (Å²) in [5.74, 6) is -0.774. The molecule has 1 unspecified atom stereocenters. The van der Waals surface area contributed by atoms with E-state index in [9.17, 15) is 9.59 Å². The van der Waals surface area contributed by atoms with Crippen molar-refractivity contribution in [3.05, 3.63) is 66.0 Å². The quantitative estimate of drug-likeness (QED) is 0.783. The van der Waals surface area contributed by atoms with Gasteiger partial charge in [-0.25, -0.2) is 5.48 Å². The fraction of sp³-hybridized carbons (Fsp3) is 0.188. The lowest BCUT2D eigenvalue weighted by atomic mass is 10.1. The molecule has 0 spiro atoms. The SMILES string of the molecule is CONC(=O)C(Cc1ccccc1)NC(=O)c1cccnc1. The summed E-state index contributed by atoms with van der Waals surface area (Å²) >= 11 is 0. The fourth-order valence-corrected chi connectivity index (χ4v) is 1.97. The second-order valence-corrected chi connectivity index (χ2v) is 4.63. The highest BCUT2D eigenvalue weighted by atomic mass is 16.6. The van der Waals surface area contributed by atoms with Gasteiger partial charge in [-0.2, -0.15) is 0 Å². The van der Waals surface area contributed by atoms with Gasteiger partial charge < -0.3 is 5.32 Å². The minimum Gasteiger partial charge on any atom is -0.340 e. The van der Waals surface area contributed by atoms with Gasteiger partial charge in [-0.15, -0.1) is 0 Å². The first-order valence-corrected chi connectivity index (χ1v) is 6.78. The van der Waals surface area contributed by atoms with Gasteiger partial charge >= 0.3 is 0 Å². The van der Waals surface area contributed by atoms with E-state index in [2.05, 4.69) is 20.6 Å². The first kappa shape index (κ1) is 15.7. The molecule has 2 rings (SSSR count). The van der Waals surface area contributed by atoms with Crippen molar-refractivity contribution in [3.63, 3.8) is 0 Å². The summed E-state index contributed by atoms with van der Waals surface area (Å²) in [5, 5.41) is 2.70. The van der Waals surface area contributed by atoms with E-state index in [1.165, 1.54) is 13.3 Å². The molecule has 0 fully saturated rings. The van der Waals surface area contributed by atoms with Crippen LogP contribution in [0.3, 0.4) is 0 Å². The number of carbonyl (C=O) groups excluding carboxylic acids is 2. The van der Waals surface area contributed by atoms with Crippen LogP contribution in [0.25, 0.3) is 0 Å². The summed E-state index contributed by atoms with van der Waals surface area (Å²) in [6.45, 7) is 0. The Balaban J connectivity index is 2.11. The van der Waals surface area contributed by atoms with E-state index in [0.29, 0.717) is 12.0 Å². The Labute approximate surface area is 128 Å². The lowest BCUT2D eigenvalue weighted by molar-refractivity contribution is -0.133. The number of carbonyl (C=O) groups is 2. The summed E-state index contributed by atoms with van der Waals surface area (Å²) in [6, 6.07) is 12.0. The number of hydrogen-bond donors (Lipinski definition) is 2. The van der Waals surface area contributed by atoms with Gasteiger partial charge in [0, 0.05) is 18.8 Å². The summed E-state index contributed by atoms with van der Waals surface area (Å²) in [7, 11) is 1.35. The van der Waals surface area contributed by atoms with Gasteiger partial charge in [-0.1, -0.05) is 30.3 Å². The van der Waals surface area contributed by atoms with Crippen LogP contribution in [0.1, 0.15) is 15.9 Å². The van der Waals surface area contributed by atoms with Crippen LogP contribution in [-0.2, 0) is 16.1 Å². The molecule has 0 aliphatic heterocycles. The molecule has 1 heterocycles. The monoisotopic (exact) mass is 299 g/mol. The molecule has 114 valence electrons. The van der Waals surface area contributed by atoms with Crippen LogP contribution < -0.4 is 10.8 Å². The van der Waals surface area contributed by atoms with E-state index in [1.807, 2.05) is 30.3 Å². The largest absolute Gasteiger partial charge is 0.340 e. The van der Waals surface area contributed by atoms with Gasteiger partial charge in [0.2, 0.25) is 0 Å². The van der Waals surface area contributed by atoms with E-state index in [0.717, 1.165) is 5.56 Å². The van der Waals surface area contributed by atoms with E-state index in [1.54, 1.807) is 18.3 Å². The third-order valence-electron chi connectivity index (χ3n) is 3.03. The number of benzene rings is 1. The highest BCUT2D eigenvalue weighted by Crippen LogP contribution is 2.05. The molecule has 22 heavy (non-hydrogen) atoms. The summed E-state index contributed by atoms with van der Waals surface area (Å²) < 4.78 is 0. The Hall–Kier alpha value is -2.73. The van der Waals surface area contributed by atoms with Gasteiger partial charge in [0.25, 0.3) is 11.8 Å². The smallest absolute Gasteiger partial charge is 0.266 e. The van der Waals surface area contributed by atoms with Crippen LogP contribution in [0.5, 0.6) is 0 Å². The molecular weight excluding hydrogens is 282 g/mol. The Morgan fingerprint density at radius 3 is 2.59 bits per heavy atom. The molecule has 1 aromatic carbocycles. The molecule has 1 atom stereocenters. The number of nitrogens with one attached hydrogen (secondary N) is 2. The number of pyridine rings is 1. The number of aromatic nitrogens is 1. The third-order valence-corrected chi connectivity index (χ3v) is 3.03. The Bertz CT molecular complexity index is 617. The van der Waals surface area contributed by atoms with Crippen molar-refractivity contribution < 1.29 is 14.4 Å². The maximum atomic E-state index is 12.2. The highest BCUT2D eigenvalue weighted by molar-refractivity contribution is 5.97. The topological polar surface area (TPSA) is 80.3 Å². The van der Waals surface area contributed by atoms with Crippen molar-refractivity contribution in [2.75, 3.05) is 7.11 Å². The van der Waals surface area contributed by atoms with Crippen LogP contribution in [0.15, 0.2) is 54.9 Å². The van der Waals surface area contributed by atoms with Crippen LogP contribution in [0, 0.1) is 0 Å². The average Bonchev–Trinajstić information content (AvgIpc) is 2.56. The molecule has 2 aromatic rings. The molecule has 0 bridgehead atoms. The first-order valence-electron chi connectivity index (χ1n) is 6.78. The molecule has 0 saturated carbocycles. The van der Waals surface area contributed by atoms with Crippen LogP contribution in [0.4, 0.5) is 0 Å². The molecule has 6 nitrogen and oxygen atoms in total. The minimum atomic E-state index is -0.741. The fourth-order valence-electron chi connectivity index (χ4n) is 1.97. The van der Waals surface area contributed by atoms with Crippen LogP contribution >= 0.6 is 0 Å². The first-order chi connectivity index (χ1) is 10.7. The molecule has 0 saturated heterocycles. The molecule has 0 radical (unpaired) electrons. The summed E-state index contributed by atoms with van der Waals surface area (Å²) in [4.78, 5) is 32.8. The Morgan fingerprint density at radius 2 is 1.95 bits per heavy atom. The number of hydroxylamine groups is 1. The van der Waals surface area contributed by atoms with Crippen LogP contribution in [0.2, 0.25) is 0 Å². The third kappa shape index (κ3) is 4.39. The predicted octanol–water partition coefficient (Wildman–Crippen LogP) is 1.10. The lowest BCUT2D eigenvalue weighted by Crippen LogP contribution is -2.47. The Kier molecular flexibility index (Phi) is 5.62. The maximum absolute atomic E-state index is 12.2. The van der Waals surface area contributed by atoms with E-state index in [4.69, 9.17) is 0 Å². The maximum Gasteiger partial charge on any atom is 0.266 e. The second kappa shape index (κ2) is 7.90. The number of nitrogens with zero attached hydrogens (tertiary/aromatic N) is 1. The standard InChI is InChI=1S/C16H17N3O3/c1-22-19-16(21)14(10-12-6-3-2-4-7-12)18-15(20)13-8-5-9-17-11-13/h2-9,11,14H,10H2,1H3,(H,18,20)(H,19,21). The molecule has 0 aliphatic carbocycles. The van der Waals surface area contributed by atoms with Crippen LogP contribution in [-0.4, -0.2) is 29.9 Å². The van der Waals surface area contributed by atoms with E-state index < -0.39 is 11.9 Å². The molecule has 2 N–H and O–H groups in total. The van der Waals surface area contributed by atoms with Gasteiger partial charge in [-0.05, 0) is 17.7 Å². The van der Waals surface area contributed by atoms with Crippen molar-refractivity contribution in [2.45, 2.75) is 12.5 Å². The molecule has 1 aromatic heterocycles. The lowest BCUT2D eigenvalue weighted by Gasteiger charge is -2.17. The Morgan fingerprint density at radius 1 is 1.18 bits per heavy atom. The zero-order valence-electron chi connectivity index (χ0n) is 12.2. The highest BCUT2D eigenvalue weighted by Gasteiger charge is 2.22. The predicted molar refractivity (Wildman–Crippen MR) is 80.8 cm³/mol. The average molecular weight is 299 g/mol. The van der Waals surface area contributed by atoms with Gasteiger partial charge in [-0.3, -0.25) is 19.4 Å². The number of rotatable bonds is 6. The summed E-state index contributed by atoms with van der Waals surface area (Å²) in [6.07, 6.45) is 3.39. The van der Waals surface area contributed by atoms with Gasteiger partial charge in [0.05, 0.1) is 12.7 Å². The number of hydrogen-bond acceptors (Lipinski definition) is 4. The van der Waals surface area contributed by atoms with Crippen molar-refractivity contribution >= 4 is 11.8 Å². The van der Waals surface area contributed by atoms with Crippen molar-refractivity contribution in [2.24, 2.45) is 0 Å². The molecule has 2 amide bonds. The number of amides is 2. The molecular formula is C16H17N3O3. The zero-order chi connectivity index (χ0) is 15.8. The van der Waals surface area contributed by atoms with Crippen molar-refractivity contribution in [1.82, 2.24) is 15.8 Å². The van der Waals surface area contributed by atoms with Gasteiger partial charge in [0.1, 0.15) is 6.04 Å². The van der Waals surface area contributed by atoms with E-state index >= 15 is 0 Å². The second-order valence-electron chi connectivity index (χ2n) is 4.63. The minimum absolute atomic E-state index is 0.361. The van der Waals surface area contributed by atoms with Crippen molar-refractivity contribution in [1.29, 1.82) is 0 Å². The van der Waals surface area contributed by atoms with Gasteiger partial charge in [0.15, 0.2) is 0 Å². The molecule has 0 aliphatic rings. The van der Waals surface area contributed by atoms with E-state index in [-0.39, 0.29) is 5.91 Å². The molecule has 6 heteroatoms.